The summed E-state index contributed by atoms with van der Waals surface area (Å²) in [6.07, 6.45) is 1.58. The maximum Gasteiger partial charge on any atom is 0.238 e. The number of hydrogen-bond donors (Lipinski definition) is 1. The summed E-state index contributed by atoms with van der Waals surface area (Å²) in [5.41, 5.74) is 0.393. The molecule has 0 fully saturated rings. The van der Waals surface area contributed by atoms with Crippen LogP contribution in [-0.2, 0) is 11.3 Å². The third-order valence-corrected chi connectivity index (χ3v) is 2.94. The summed E-state index contributed by atoms with van der Waals surface area (Å²) in [6.45, 7) is 0.700. The Morgan fingerprint density at radius 1 is 1.45 bits per heavy atom. The first-order valence-corrected chi connectivity index (χ1v) is 6.38. The summed E-state index contributed by atoms with van der Waals surface area (Å²) < 4.78 is 18.1. The van der Waals surface area contributed by atoms with Crippen LogP contribution in [0.2, 0.25) is 5.02 Å². The number of amides is 1. The molecule has 6 heteroatoms. The maximum absolute atomic E-state index is 12.9. The zero-order valence-corrected chi connectivity index (χ0v) is 11.7. The van der Waals surface area contributed by atoms with Gasteiger partial charge in [0.25, 0.3) is 0 Å². The molecule has 0 bridgehead atoms. The van der Waals surface area contributed by atoms with Crippen LogP contribution in [0, 0.1) is 5.82 Å². The Morgan fingerprint density at radius 3 is 2.90 bits per heavy atom. The van der Waals surface area contributed by atoms with Gasteiger partial charge in [-0.25, -0.2) is 4.39 Å². The van der Waals surface area contributed by atoms with Crippen molar-refractivity contribution >= 4 is 23.2 Å². The van der Waals surface area contributed by atoms with Crippen LogP contribution in [0.5, 0.6) is 0 Å². The molecule has 1 N–H and O–H groups in total. The SMILES string of the molecule is CN(CC(=O)Nc1ccc(F)cc1Cl)Cc1ccco1. The highest BCUT2D eigenvalue weighted by atomic mass is 35.5. The lowest BCUT2D eigenvalue weighted by atomic mass is 10.3. The lowest BCUT2D eigenvalue weighted by Crippen LogP contribution is -2.29. The average Bonchev–Trinajstić information content (AvgIpc) is 2.85. The zero-order chi connectivity index (χ0) is 14.5. The third kappa shape index (κ3) is 4.08. The second kappa shape index (κ2) is 6.54. The van der Waals surface area contributed by atoms with Crippen molar-refractivity contribution in [3.63, 3.8) is 0 Å². The Bertz CT molecular complexity index is 587. The quantitative estimate of drug-likeness (QED) is 0.922. The number of carbonyl (C=O) groups excluding carboxylic acids is 1. The van der Waals surface area contributed by atoms with Gasteiger partial charge in [-0.15, -0.1) is 0 Å². The molecule has 1 amide bonds. The number of carbonyl (C=O) groups is 1. The van der Waals surface area contributed by atoms with E-state index in [-0.39, 0.29) is 17.5 Å². The first-order valence-electron chi connectivity index (χ1n) is 6.00. The molecule has 1 heterocycles. The van der Waals surface area contributed by atoms with Crippen molar-refractivity contribution in [3.05, 3.63) is 53.2 Å². The number of nitrogens with zero attached hydrogens (tertiary/aromatic N) is 1. The van der Waals surface area contributed by atoms with E-state index in [0.29, 0.717) is 12.2 Å². The molecule has 0 aliphatic heterocycles. The number of benzene rings is 1. The molecule has 1 aromatic carbocycles. The molecule has 0 radical (unpaired) electrons. The zero-order valence-electron chi connectivity index (χ0n) is 10.9. The Balaban J connectivity index is 1.88. The van der Waals surface area contributed by atoms with Crippen LogP contribution in [-0.4, -0.2) is 24.4 Å². The molecule has 4 nitrogen and oxygen atoms in total. The number of anilines is 1. The predicted octanol–water partition coefficient (Wildman–Crippen LogP) is 3.14. The van der Waals surface area contributed by atoms with Crippen molar-refractivity contribution in [2.45, 2.75) is 6.54 Å². The number of rotatable bonds is 5. The van der Waals surface area contributed by atoms with Crippen molar-refractivity contribution in [1.29, 1.82) is 0 Å². The standard InChI is InChI=1S/C14H14ClFN2O2/c1-18(8-11-3-2-6-20-11)9-14(19)17-13-5-4-10(16)7-12(13)15/h2-7H,8-9H2,1H3,(H,17,19). The lowest BCUT2D eigenvalue weighted by Gasteiger charge is -2.15. The second-order valence-electron chi connectivity index (χ2n) is 4.42. The van der Waals surface area contributed by atoms with E-state index in [0.717, 1.165) is 11.8 Å². The molecule has 2 aromatic rings. The highest BCUT2D eigenvalue weighted by Gasteiger charge is 2.10. The topological polar surface area (TPSA) is 45.5 Å². The van der Waals surface area contributed by atoms with Crippen LogP contribution in [0.3, 0.4) is 0 Å². The highest BCUT2D eigenvalue weighted by Crippen LogP contribution is 2.22. The molecule has 2 rings (SSSR count). The molecule has 0 unspecified atom stereocenters. The van der Waals surface area contributed by atoms with Crippen molar-refractivity contribution in [2.75, 3.05) is 18.9 Å². The summed E-state index contributed by atoms with van der Waals surface area (Å²) >= 11 is 5.84. The van der Waals surface area contributed by atoms with Crippen molar-refractivity contribution in [2.24, 2.45) is 0 Å². The van der Waals surface area contributed by atoms with Gasteiger partial charge in [0.15, 0.2) is 0 Å². The largest absolute Gasteiger partial charge is 0.468 e. The van der Waals surface area contributed by atoms with E-state index in [1.807, 2.05) is 6.07 Å². The van der Waals surface area contributed by atoms with Gasteiger partial charge in [0.05, 0.1) is 30.1 Å². The van der Waals surface area contributed by atoms with Gasteiger partial charge < -0.3 is 9.73 Å². The summed E-state index contributed by atoms with van der Waals surface area (Å²) in [5.74, 6) is 0.107. The Morgan fingerprint density at radius 2 is 2.25 bits per heavy atom. The number of nitrogens with one attached hydrogen (secondary N) is 1. The van der Waals surface area contributed by atoms with Crippen LogP contribution in [0.1, 0.15) is 5.76 Å². The van der Waals surface area contributed by atoms with E-state index >= 15 is 0 Å². The number of halogens is 2. The normalized spacial score (nSPS) is 10.8. The van der Waals surface area contributed by atoms with Gasteiger partial charge in [-0.3, -0.25) is 9.69 Å². The summed E-state index contributed by atoms with van der Waals surface area (Å²) in [6, 6.07) is 7.46. The minimum Gasteiger partial charge on any atom is -0.468 e. The first-order chi connectivity index (χ1) is 9.54. The van der Waals surface area contributed by atoms with E-state index in [1.54, 1.807) is 24.3 Å². The van der Waals surface area contributed by atoms with E-state index < -0.39 is 5.82 Å². The highest BCUT2D eigenvalue weighted by molar-refractivity contribution is 6.33. The first kappa shape index (κ1) is 14.6. The molecule has 0 aliphatic rings. The molecular formula is C14H14ClFN2O2. The molecule has 0 atom stereocenters. The molecule has 0 saturated carbocycles. The van der Waals surface area contributed by atoms with Gasteiger partial charge in [0.1, 0.15) is 11.6 Å². The summed E-state index contributed by atoms with van der Waals surface area (Å²) in [7, 11) is 1.80. The fourth-order valence-electron chi connectivity index (χ4n) is 1.75. The van der Waals surface area contributed by atoms with Crippen LogP contribution < -0.4 is 5.32 Å². The molecule has 0 aliphatic carbocycles. The number of likely N-dealkylation sites (N-methyl/N-ethyl adjacent to an activating group) is 1. The average molecular weight is 297 g/mol. The smallest absolute Gasteiger partial charge is 0.238 e. The molecule has 20 heavy (non-hydrogen) atoms. The van der Waals surface area contributed by atoms with Gasteiger partial charge in [0, 0.05) is 0 Å². The minimum atomic E-state index is -0.442. The van der Waals surface area contributed by atoms with Crippen molar-refractivity contribution in [3.8, 4) is 0 Å². The van der Waals surface area contributed by atoms with E-state index in [4.69, 9.17) is 16.0 Å². The Hall–Kier alpha value is -1.85. The predicted molar refractivity (Wildman–Crippen MR) is 75.1 cm³/mol. The van der Waals surface area contributed by atoms with E-state index in [9.17, 15) is 9.18 Å². The van der Waals surface area contributed by atoms with Crippen molar-refractivity contribution in [1.82, 2.24) is 4.90 Å². The van der Waals surface area contributed by atoms with Crippen LogP contribution in [0.25, 0.3) is 0 Å². The van der Waals surface area contributed by atoms with E-state index in [1.165, 1.54) is 12.1 Å². The molecule has 1 aromatic heterocycles. The van der Waals surface area contributed by atoms with E-state index in [2.05, 4.69) is 5.32 Å². The van der Waals surface area contributed by atoms with Gasteiger partial charge in [0.2, 0.25) is 5.91 Å². The van der Waals surface area contributed by atoms with Gasteiger partial charge in [-0.1, -0.05) is 11.6 Å². The third-order valence-electron chi connectivity index (χ3n) is 2.62. The lowest BCUT2D eigenvalue weighted by molar-refractivity contribution is -0.117. The molecule has 0 spiro atoms. The van der Waals surface area contributed by atoms with Gasteiger partial charge in [-0.2, -0.15) is 0 Å². The molecular weight excluding hydrogens is 283 g/mol. The summed E-state index contributed by atoms with van der Waals surface area (Å²) in [4.78, 5) is 13.6. The molecule has 106 valence electrons. The minimum absolute atomic E-state index is 0.173. The van der Waals surface area contributed by atoms with Crippen LogP contribution >= 0.6 is 11.6 Å². The summed E-state index contributed by atoms with van der Waals surface area (Å²) in [5, 5.41) is 2.81. The fraction of sp³-hybridized carbons (Fsp3) is 0.214. The number of hydrogen-bond acceptors (Lipinski definition) is 3. The second-order valence-corrected chi connectivity index (χ2v) is 4.83. The monoisotopic (exact) mass is 296 g/mol. The van der Waals surface area contributed by atoms with Crippen molar-refractivity contribution < 1.29 is 13.6 Å². The van der Waals surface area contributed by atoms with Crippen LogP contribution in [0.15, 0.2) is 41.0 Å². The van der Waals surface area contributed by atoms with Crippen LogP contribution in [0.4, 0.5) is 10.1 Å². The Kier molecular flexibility index (Phi) is 4.76. The Labute approximate surface area is 121 Å². The number of furan rings is 1. The molecule has 0 saturated heterocycles. The fourth-order valence-corrected chi connectivity index (χ4v) is 1.96. The van der Waals surface area contributed by atoms with Gasteiger partial charge >= 0.3 is 0 Å². The van der Waals surface area contributed by atoms with Gasteiger partial charge in [-0.05, 0) is 37.4 Å². The maximum atomic E-state index is 12.9.